The zero-order chi connectivity index (χ0) is 14.9. The summed E-state index contributed by atoms with van der Waals surface area (Å²) in [6.45, 7) is 4.84. The fraction of sp³-hybridized carbons (Fsp3) is 1.00. The van der Waals surface area contributed by atoms with E-state index in [9.17, 15) is 10.2 Å². The third-order valence-electron chi connectivity index (χ3n) is 8.62. The van der Waals surface area contributed by atoms with Crippen molar-refractivity contribution in [3.63, 3.8) is 0 Å². The van der Waals surface area contributed by atoms with E-state index < -0.39 is 0 Å². The summed E-state index contributed by atoms with van der Waals surface area (Å²) in [4.78, 5) is 0. The average Bonchev–Trinajstić information content (AvgIpc) is 2.75. The predicted octanol–water partition coefficient (Wildman–Crippen LogP) is 3.90. The molecule has 0 heterocycles. The third kappa shape index (κ3) is 1.78. The fourth-order valence-electron chi connectivity index (χ4n) is 7.19. The SMILES string of the molecule is C[C@]12CC[C@H](O)C[C@H]1CC[C@@H]1[C@@H]2CC[C@]2(C)CCC[C@]12O. The number of hydrogen-bond acceptors (Lipinski definition) is 2. The molecule has 120 valence electrons. The molecule has 0 aromatic heterocycles. The summed E-state index contributed by atoms with van der Waals surface area (Å²) in [6, 6.07) is 0. The molecule has 0 radical (unpaired) electrons. The third-order valence-corrected chi connectivity index (χ3v) is 8.62. The minimum Gasteiger partial charge on any atom is -0.393 e. The standard InChI is InChI=1S/C19H32O2/c1-17-8-3-9-19(17,21)16-5-4-13-12-14(20)6-11-18(13,2)15(16)7-10-17/h13-16,20-21H,3-12H2,1-2H3/t13-,14+,15+,16-,17+,18+,19+/m1/s1. The van der Waals surface area contributed by atoms with Crippen LogP contribution in [0, 0.1) is 28.6 Å². The van der Waals surface area contributed by atoms with Crippen molar-refractivity contribution in [1.82, 2.24) is 0 Å². The zero-order valence-corrected chi connectivity index (χ0v) is 13.8. The first-order chi connectivity index (χ1) is 9.89. The highest BCUT2D eigenvalue weighted by Gasteiger charge is 2.64. The molecular formula is C19H32O2. The second-order valence-electron chi connectivity index (χ2n) is 9.30. The van der Waals surface area contributed by atoms with Crippen LogP contribution in [-0.2, 0) is 0 Å². The van der Waals surface area contributed by atoms with Crippen molar-refractivity contribution in [2.24, 2.45) is 28.6 Å². The molecule has 0 aliphatic heterocycles. The molecule has 0 saturated heterocycles. The van der Waals surface area contributed by atoms with Gasteiger partial charge in [-0.05, 0) is 92.8 Å². The second kappa shape index (κ2) is 4.47. The normalized spacial score (nSPS) is 60.0. The molecule has 4 saturated carbocycles. The van der Waals surface area contributed by atoms with Crippen molar-refractivity contribution in [3.8, 4) is 0 Å². The summed E-state index contributed by atoms with van der Waals surface area (Å²) < 4.78 is 0. The van der Waals surface area contributed by atoms with Gasteiger partial charge >= 0.3 is 0 Å². The maximum Gasteiger partial charge on any atom is 0.0731 e. The van der Waals surface area contributed by atoms with Gasteiger partial charge < -0.3 is 10.2 Å². The van der Waals surface area contributed by atoms with Crippen LogP contribution in [0.3, 0.4) is 0 Å². The Bertz CT molecular complexity index is 435. The molecule has 4 aliphatic carbocycles. The summed E-state index contributed by atoms with van der Waals surface area (Å²) >= 11 is 0. The van der Waals surface area contributed by atoms with E-state index in [1.165, 1.54) is 44.9 Å². The van der Waals surface area contributed by atoms with E-state index in [1.54, 1.807) is 0 Å². The van der Waals surface area contributed by atoms with Gasteiger partial charge in [-0.3, -0.25) is 0 Å². The summed E-state index contributed by atoms with van der Waals surface area (Å²) in [5.41, 5.74) is 0.174. The quantitative estimate of drug-likeness (QED) is 0.711. The van der Waals surface area contributed by atoms with Crippen molar-refractivity contribution in [2.75, 3.05) is 0 Å². The lowest BCUT2D eigenvalue weighted by Crippen LogP contribution is -2.61. The van der Waals surface area contributed by atoms with Gasteiger partial charge in [-0.15, -0.1) is 0 Å². The molecule has 0 aromatic rings. The first-order valence-corrected chi connectivity index (χ1v) is 9.29. The van der Waals surface area contributed by atoms with E-state index in [0.717, 1.165) is 19.3 Å². The topological polar surface area (TPSA) is 40.5 Å². The van der Waals surface area contributed by atoms with Gasteiger partial charge in [-0.2, -0.15) is 0 Å². The molecule has 0 spiro atoms. The minimum absolute atomic E-state index is 0.0666. The van der Waals surface area contributed by atoms with Gasteiger partial charge in [0.05, 0.1) is 11.7 Å². The predicted molar refractivity (Wildman–Crippen MR) is 83.8 cm³/mol. The molecule has 4 aliphatic rings. The van der Waals surface area contributed by atoms with Crippen LogP contribution in [-0.4, -0.2) is 21.9 Å². The Morgan fingerprint density at radius 3 is 2.48 bits per heavy atom. The first-order valence-electron chi connectivity index (χ1n) is 9.29. The van der Waals surface area contributed by atoms with Gasteiger partial charge in [0.25, 0.3) is 0 Å². The highest BCUT2D eigenvalue weighted by Crippen LogP contribution is 2.67. The van der Waals surface area contributed by atoms with E-state index in [0.29, 0.717) is 23.2 Å². The van der Waals surface area contributed by atoms with Gasteiger partial charge in [-0.1, -0.05) is 13.8 Å². The second-order valence-corrected chi connectivity index (χ2v) is 9.30. The van der Waals surface area contributed by atoms with Crippen LogP contribution >= 0.6 is 0 Å². The summed E-state index contributed by atoms with van der Waals surface area (Å²) in [6.07, 6.45) is 11.5. The summed E-state index contributed by atoms with van der Waals surface area (Å²) in [7, 11) is 0. The first kappa shape index (κ1) is 14.5. The Hall–Kier alpha value is -0.0800. The highest BCUT2D eigenvalue weighted by atomic mass is 16.3. The van der Waals surface area contributed by atoms with E-state index in [4.69, 9.17) is 0 Å². The smallest absolute Gasteiger partial charge is 0.0731 e. The fourth-order valence-corrected chi connectivity index (χ4v) is 7.19. The van der Waals surface area contributed by atoms with Crippen molar-refractivity contribution in [3.05, 3.63) is 0 Å². The largest absolute Gasteiger partial charge is 0.393 e. The molecule has 7 atom stereocenters. The molecular weight excluding hydrogens is 260 g/mol. The molecule has 0 bridgehead atoms. The molecule has 0 amide bonds. The van der Waals surface area contributed by atoms with Crippen molar-refractivity contribution >= 4 is 0 Å². The molecule has 4 rings (SSSR count). The van der Waals surface area contributed by atoms with Gasteiger partial charge in [0.1, 0.15) is 0 Å². The van der Waals surface area contributed by atoms with Gasteiger partial charge in [0, 0.05) is 0 Å². The Morgan fingerprint density at radius 2 is 1.67 bits per heavy atom. The van der Waals surface area contributed by atoms with Crippen LogP contribution in [0.25, 0.3) is 0 Å². The van der Waals surface area contributed by atoms with Crippen LogP contribution in [0.4, 0.5) is 0 Å². The van der Waals surface area contributed by atoms with Crippen molar-refractivity contribution in [2.45, 2.75) is 89.8 Å². The molecule has 0 aromatic carbocycles. The number of hydrogen-bond donors (Lipinski definition) is 2. The maximum atomic E-state index is 11.6. The Labute approximate surface area is 129 Å². The number of aliphatic hydroxyl groups excluding tert-OH is 1. The minimum atomic E-state index is -0.389. The highest BCUT2D eigenvalue weighted by molar-refractivity contribution is 5.14. The van der Waals surface area contributed by atoms with Crippen LogP contribution in [0.2, 0.25) is 0 Å². The van der Waals surface area contributed by atoms with Gasteiger partial charge in [-0.25, -0.2) is 0 Å². The van der Waals surface area contributed by atoms with E-state index in [-0.39, 0.29) is 17.1 Å². The van der Waals surface area contributed by atoms with Crippen LogP contribution < -0.4 is 0 Å². The lowest BCUT2D eigenvalue weighted by molar-refractivity contribution is -0.202. The maximum absolute atomic E-state index is 11.6. The van der Waals surface area contributed by atoms with Crippen LogP contribution in [0.1, 0.15) is 78.1 Å². The van der Waals surface area contributed by atoms with Crippen molar-refractivity contribution in [1.29, 1.82) is 0 Å². The molecule has 0 unspecified atom stereocenters. The van der Waals surface area contributed by atoms with E-state index >= 15 is 0 Å². The Balaban J connectivity index is 1.67. The summed E-state index contributed by atoms with van der Waals surface area (Å²) in [5, 5.41) is 21.6. The lowest BCUT2D eigenvalue weighted by Gasteiger charge is -2.63. The molecule has 21 heavy (non-hydrogen) atoms. The van der Waals surface area contributed by atoms with Crippen LogP contribution in [0.15, 0.2) is 0 Å². The number of aliphatic hydroxyl groups is 2. The molecule has 2 heteroatoms. The molecule has 2 N–H and O–H groups in total. The van der Waals surface area contributed by atoms with Gasteiger partial charge in [0.15, 0.2) is 0 Å². The Kier molecular flexibility index (Phi) is 3.09. The van der Waals surface area contributed by atoms with E-state index in [1.807, 2.05) is 0 Å². The molecule has 2 nitrogen and oxygen atoms in total. The van der Waals surface area contributed by atoms with Crippen molar-refractivity contribution < 1.29 is 10.2 Å². The van der Waals surface area contributed by atoms with Gasteiger partial charge in [0.2, 0.25) is 0 Å². The Morgan fingerprint density at radius 1 is 0.857 bits per heavy atom. The molecule has 4 fully saturated rings. The lowest BCUT2D eigenvalue weighted by atomic mass is 9.44. The summed E-state index contributed by atoms with van der Waals surface area (Å²) in [5.74, 6) is 1.91. The monoisotopic (exact) mass is 292 g/mol. The van der Waals surface area contributed by atoms with Crippen LogP contribution in [0.5, 0.6) is 0 Å². The zero-order valence-electron chi connectivity index (χ0n) is 13.8. The number of fused-ring (bicyclic) bond motifs is 5. The number of rotatable bonds is 0. The van der Waals surface area contributed by atoms with E-state index in [2.05, 4.69) is 13.8 Å². The average molecular weight is 292 g/mol.